The third-order valence-corrected chi connectivity index (χ3v) is 3.24. The number of nitrogens with one attached hydrogen (secondary N) is 1. The average molecular weight is 262 g/mol. The summed E-state index contributed by atoms with van der Waals surface area (Å²) in [6, 6.07) is 7.31. The lowest BCUT2D eigenvalue weighted by atomic mass is 10.2. The molecule has 1 N–H and O–H groups in total. The molecule has 0 fully saturated rings. The highest BCUT2D eigenvalue weighted by Gasteiger charge is 2.05. The molecule has 94 valence electrons. The molecule has 2 rings (SSSR count). The molecular weight excluding hydrogens is 248 g/mol. The Morgan fingerprint density at radius 2 is 2.39 bits per heavy atom. The minimum Gasteiger partial charge on any atom is -0.497 e. The first-order valence-corrected chi connectivity index (χ1v) is 6.48. The van der Waals surface area contributed by atoms with Crippen LogP contribution in [0.15, 0.2) is 35.8 Å². The van der Waals surface area contributed by atoms with Gasteiger partial charge in [-0.3, -0.25) is 4.79 Å². The van der Waals surface area contributed by atoms with Crippen LogP contribution < -0.4 is 10.1 Å². The van der Waals surface area contributed by atoms with Gasteiger partial charge in [0.25, 0.3) is 0 Å². The molecular formula is C13H14N2O2S. The van der Waals surface area contributed by atoms with Crippen LogP contribution in [0.3, 0.4) is 0 Å². The molecule has 0 saturated heterocycles. The van der Waals surface area contributed by atoms with E-state index in [2.05, 4.69) is 10.3 Å². The van der Waals surface area contributed by atoms with Gasteiger partial charge in [-0.15, -0.1) is 11.3 Å². The van der Waals surface area contributed by atoms with Crippen LogP contribution in [0.1, 0.15) is 11.4 Å². The number of nitrogens with zero attached hydrogens (tertiary/aromatic N) is 1. The van der Waals surface area contributed by atoms with Crippen molar-refractivity contribution in [2.24, 2.45) is 0 Å². The lowest BCUT2D eigenvalue weighted by Gasteiger charge is -2.06. The Kier molecular flexibility index (Phi) is 4.30. The fourth-order valence-electron chi connectivity index (χ4n) is 1.52. The third-order valence-electron chi connectivity index (χ3n) is 2.40. The molecule has 5 heteroatoms. The van der Waals surface area contributed by atoms with E-state index in [1.807, 2.05) is 23.6 Å². The van der Waals surface area contributed by atoms with Crippen LogP contribution in [-0.4, -0.2) is 18.0 Å². The normalized spacial score (nSPS) is 10.1. The number of methoxy groups -OCH3 is 1. The van der Waals surface area contributed by atoms with Crippen LogP contribution in [0.2, 0.25) is 0 Å². The van der Waals surface area contributed by atoms with Gasteiger partial charge in [-0.05, 0) is 12.1 Å². The monoisotopic (exact) mass is 262 g/mol. The minimum atomic E-state index is -0.0153. The lowest BCUT2D eigenvalue weighted by Crippen LogP contribution is -2.12. The van der Waals surface area contributed by atoms with E-state index in [1.54, 1.807) is 30.7 Å². The summed E-state index contributed by atoms with van der Waals surface area (Å²) >= 11 is 1.57. The number of benzene rings is 1. The average Bonchev–Trinajstić information content (AvgIpc) is 2.90. The molecule has 0 aliphatic carbocycles. The van der Waals surface area contributed by atoms with Crippen LogP contribution in [0.4, 0.5) is 5.69 Å². The number of hydrogen-bond acceptors (Lipinski definition) is 4. The molecule has 18 heavy (non-hydrogen) atoms. The summed E-state index contributed by atoms with van der Waals surface area (Å²) in [4.78, 5) is 15.9. The fraction of sp³-hybridized carbons (Fsp3) is 0.231. The highest BCUT2D eigenvalue weighted by atomic mass is 32.1. The predicted octanol–water partition coefficient (Wildman–Crippen LogP) is 2.72. The molecule has 2 aromatic rings. The zero-order valence-electron chi connectivity index (χ0n) is 10.1. The van der Waals surface area contributed by atoms with E-state index >= 15 is 0 Å². The number of hydrogen-bond donors (Lipinski definition) is 1. The van der Waals surface area contributed by atoms with Crippen molar-refractivity contribution in [3.05, 3.63) is 40.8 Å². The van der Waals surface area contributed by atoms with E-state index < -0.39 is 0 Å². The van der Waals surface area contributed by atoms with Gasteiger partial charge < -0.3 is 10.1 Å². The summed E-state index contributed by atoms with van der Waals surface area (Å²) in [6.45, 7) is 0. The van der Waals surface area contributed by atoms with E-state index in [1.165, 1.54) is 0 Å². The van der Waals surface area contributed by atoms with E-state index in [0.29, 0.717) is 12.8 Å². The van der Waals surface area contributed by atoms with Crippen LogP contribution in [-0.2, 0) is 11.2 Å². The number of rotatable bonds is 5. The molecule has 0 unspecified atom stereocenters. The van der Waals surface area contributed by atoms with Crippen molar-refractivity contribution in [3.8, 4) is 5.75 Å². The topological polar surface area (TPSA) is 51.2 Å². The van der Waals surface area contributed by atoms with Crippen LogP contribution in [0.25, 0.3) is 0 Å². The number of carbonyl (C=O) groups excluding carboxylic acids is 1. The van der Waals surface area contributed by atoms with Crippen molar-refractivity contribution in [2.75, 3.05) is 12.4 Å². The number of amides is 1. The van der Waals surface area contributed by atoms with Crippen molar-refractivity contribution in [3.63, 3.8) is 0 Å². The van der Waals surface area contributed by atoms with Crippen LogP contribution in [0, 0.1) is 0 Å². The highest BCUT2D eigenvalue weighted by molar-refractivity contribution is 7.09. The van der Waals surface area contributed by atoms with E-state index in [4.69, 9.17) is 4.74 Å². The number of aryl methyl sites for hydroxylation is 1. The Morgan fingerprint density at radius 1 is 1.50 bits per heavy atom. The van der Waals surface area contributed by atoms with E-state index in [9.17, 15) is 4.79 Å². The maximum Gasteiger partial charge on any atom is 0.224 e. The first-order valence-electron chi connectivity index (χ1n) is 5.60. The van der Waals surface area contributed by atoms with Gasteiger partial charge in [0.2, 0.25) is 5.91 Å². The number of anilines is 1. The van der Waals surface area contributed by atoms with Crippen molar-refractivity contribution < 1.29 is 9.53 Å². The first-order chi connectivity index (χ1) is 8.78. The second-order valence-electron chi connectivity index (χ2n) is 3.71. The standard InChI is InChI=1S/C13H14N2O2S/c1-17-11-4-2-3-10(9-11)15-12(16)5-6-13-14-7-8-18-13/h2-4,7-9H,5-6H2,1H3,(H,15,16). The summed E-state index contributed by atoms with van der Waals surface area (Å²) < 4.78 is 5.10. The molecule has 1 heterocycles. The Hall–Kier alpha value is -1.88. The second kappa shape index (κ2) is 6.16. The first kappa shape index (κ1) is 12.6. The number of thiazole rings is 1. The van der Waals surface area contributed by atoms with Crippen molar-refractivity contribution in [1.82, 2.24) is 4.98 Å². The Balaban J connectivity index is 1.86. The smallest absolute Gasteiger partial charge is 0.224 e. The summed E-state index contributed by atoms with van der Waals surface area (Å²) in [5, 5.41) is 5.73. The molecule has 0 bridgehead atoms. The van der Waals surface area contributed by atoms with Gasteiger partial charge in [0.15, 0.2) is 0 Å². The molecule has 0 spiro atoms. The molecule has 0 saturated carbocycles. The summed E-state index contributed by atoms with van der Waals surface area (Å²) in [5.41, 5.74) is 0.749. The molecule has 1 amide bonds. The minimum absolute atomic E-state index is 0.0153. The number of ether oxygens (including phenoxy) is 1. The molecule has 0 atom stereocenters. The SMILES string of the molecule is COc1cccc(NC(=O)CCc2nccs2)c1. The van der Waals surface area contributed by atoms with E-state index in [0.717, 1.165) is 16.4 Å². The van der Waals surface area contributed by atoms with Gasteiger partial charge in [-0.25, -0.2) is 4.98 Å². The molecule has 1 aromatic heterocycles. The zero-order valence-corrected chi connectivity index (χ0v) is 10.9. The Labute approximate surface area is 110 Å². The van der Waals surface area contributed by atoms with Gasteiger partial charge in [0, 0.05) is 36.2 Å². The summed E-state index contributed by atoms with van der Waals surface area (Å²) in [6.07, 6.45) is 2.86. The fourth-order valence-corrected chi connectivity index (χ4v) is 2.14. The third kappa shape index (κ3) is 3.56. The Morgan fingerprint density at radius 3 is 3.11 bits per heavy atom. The maximum absolute atomic E-state index is 11.7. The summed E-state index contributed by atoms with van der Waals surface area (Å²) in [5.74, 6) is 0.714. The van der Waals surface area contributed by atoms with Gasteiger partial charge in [-0.2, -0.15) is 0 Å². The van der Waals surface area contributed by atoms with Gasteiger partial charge in [0.05, 0.1) is 12.1 Å². The Bertz CT molecular complexity index is 511. The predicted molar refractivity (Wildman–Crippen MR) is 72.1 cm³/mol. The van der Waals surface area contributed by atoms with Crippen molar-refractivity contribution in [2.45, 2.75) is 12.8 Å². The largest absolute Gasteiger partial charge is 0.497 e. The van der Waals surface area contributed by atoms with Crippen molar-refractivity contribution in [1.29, 1.82) is 0 Å². The summed E-state index contributed by atoms with van der Waals surface area (Å²) in [7, 11) is 1.60. The quantitative estimate of drug-likeness (QED) is 0.901. The lowest BCUT2D eigenvalue weighted by molar-refractivity contribution is -0.116. The van der Waals surface area contributed by atoms with Crippen LogP contribution in [0.5, 0.6) is 5.75 Å². The maximum atomic E-state index is 11.7. The zero-order chi connectivity index (χ0) is 12.8. The molecule has 0 aliphatic heterocycles. The van der Waals surface area contributed by atoms with Gasteiger partial charge >= 0.3 is 0 Å². The van der Waals surface area contributed by atoms with Gasteiger partial charge in [0.1, 0.15) is 5.75 Å². The number of carbonyl (C=O) groups is 1. The van der Waals surface area contributed by atoms with Crippen LogP contribution >= 0.6 is 11.3 Å². The number of aromatic nitrogens is 1. The second-order valence-corrected chi connectivity index (χ2v) is 4.69. The van der Waals surface area contributed by atoms with Crippen molar-refractivity contribution >= 4 is 22.9 Å². The molecule has 0 radical (unpaired) electrons. The molecule has 0 aliphatic rings. The molecule has 1 aromatic carbocycles. The van der Waals surface area contributed by atoms with Gasteiger partial charge in [-0.1, -0.05) is 6.07 Å². The van der Waals surface area contributed by atoms with E-state index in [-0.39, 0.29) is 5.91 Å². The molecule has 4 nitrogen and oxygen atoms in total. The highest BCUT2D eigenvalue weighted by Crippen LogP contribution is 2.17.